The Balaban J connectivity index is 1.44. The van der Waals surface area contributed by atoms with Gasteiger partial charge in [0.25, 0.3) is 11.8 Å². The van der Waals surface area contributed by atoms with Crippen molar-refractivity contribution in [2.45, 2.75) is 18.7 Å². The smallest absolute Gasteiger partial charge is 0.272 e. The molecule has 0 aliphatic heterocycles. The molecule has 4 aromatic carbocycles. The molecule has 208 valence electrons. The third-order valence-corrected chi connectivity index (χ3v) is 7.52. The number of hydrogen-bond acceptors (Lipinski definition) is 4. The maximum atomic E-state index is 14.5. The van der Waals surface area contributed by atoms with Crippen LogP contribution in [0.4, 0.5) is 15.8 Å². The average molecular weight is 588 g/mol. The van der Waals surface area contributed by atoms with Gasteiger partial charge in [-0.2, -0.15) is 0 Å². The van der Waals surface area contributed by atoms with Crippen LogP contribution in [0.3, 0.4) is 0 Å². The number of thioether (sulfide) groups is 1. The van der Waals surface area contributed by atoms with E-state index < -0.39 is 17.6 Å². The number of hydrogen-bond donors (Lipinski definition) is 3. The molecule has 6 nitrogen and oxygen atoms in total. The maximum absolute atomic E-state index is 14.5. The molecule has 0 radical (unpaired) electrons. The number of benzene rings is 4. The Bertz CT molecular complexity index is 1590. The summed E-state index contributed by atoms with van der Waals surface area (Å²) in [4.78, 5) is 39.3. The molecule has 3 N–H and O–H groups in total. The topological polar surface area (TPSA) is 87.3 Å². The van der Waals surface area contributed by atoms with E-state index in [2.05, 4.69) is 16.0 Å². The fourth-order valence-electron chi connectivity index (χ4n) is 3.79. The zero-order valence-electron chi connectivity index (χ0n) is 22.3. The number of aryl methyl sites for hydroxylation is 1. The Morgan fingerprint density at radius 1 is 0.854 bits per heavy atom. The first-order chi connectivity index (χ1) is 19.7. The number of carbonyl (C=O) groups is 3. The van der Waals surface area contributed by atoms with Crippen molar-refractivity contribution in [3.63, 3.8) is 0 Å². The van der Waals surface area contributed by atoms with Gasteiger partial charge in [-0.3, -0.25) is 14.4 Å². The normalized spacial score (nSPS) is 11.1. The largest absolute Gasteiger partial charge is 0.325 e. The van der Waals surface area contributed by atoms with E-state index in [9.17, 15) is 18.8 Å². The van der Waals surface area contributed by atoms with E-state index in [0.29, 0.717) is 11.3 Å². The molecule has 0 saturated heterocycles. The molecular weight excluding hydrogens is 561 g/mol. The van der Waals surface area contributed by atoms with Crippen molar-refractivity contribution < 1.29 is 18.8 Å². The predicted molar refractivity (Wildman–Crippen MR) is 164 cm³/mol. The number of rotatable bonds is 9. The Hall–Kier alpha value is -4.40. The first kappa shape index (κ1) is 29.6. The zero-order chi connectivity index (χ0) is 29.4. The van der Waals surface area contributed by atoms with Crippen molar-refractivity contribution in [2.24, 2.45) is 0 Å². The van der Waals surface area contributed by atoms with Gasteiger partial charge in [-0.05, 0) is 85.6 Å². The fraction of sp³-hybridized carbons (Fsp3) is 0.0938. The Morgan fingerprint density at radius 3 is 2.27 bits per heavy atom. The number of amides is 3. The molecule has 0 spiro atoms. The SMILES string of the molecule is Cc1cccc(NC(=O)CSc2ccc(NC(=O)/C(=C/c3c(F)cccc3Cl)NC(=O)c3ccccc3)cc2)c1C. The van der Waals surface area contributed by atoms with Crippen LogP contribution in [0.5, 0.6) is 0 Å². The van der Waals surface area contributed by atoms with Crippen LogP contribution in [0.1, 0.15) is 27.0 Å². The number of halogens is 2. The highest BCUT2D eigenvalue weighted by molar-refractivity contribution is 8.00. The lowest BCUT2D eigenvalue weighted by atomic mass is 10.1. The molecule has 0 atom stereocenters. The third kappa shape index (κ3) is 8.06. The summed E-state index contributed by atoms with van der Waals surface area (Å²) in [7, 11) is 0. The van der Waals surface area contributed by atoms with Gasteiger partial charge in [-0.1, -0.05) is 48.0 Å². The second-order valence-electron chi connectivity index (χ2n) is 9.08. The van der Waals surface area contributed by atoms with E-state index in [-0.39, 0.29) is 27.9 Å². The summed E-state index contributed by atoms with van der Waals surface area (Å²) >= 11 is 7.51. The molecular formula is C32H27ClFN3O3S. The lowest BCUT2D eigenvalue weighted by molar-refractivity contribution is -0.114. The zero-order valence-corrected chi connectivity index (χ0v) is 23.9. The number of anilines is 2. The van der Waals surface area contributed by atoms with Gasteiger partial charge in [0.15, 0.2) is 0 Å². The van der Waals surface area contributed by atoms with Crippen LogP contribution in [0.15, 0.2) is 102 Å². The molecule has 0 aliphatic carbocycles. The van der Waals surface area contributed by atoms with E-state index in [1.165, 1.54) is 36.0 Å². The summed E-state index contributed by atoms with van der Waals surface area (Å²) in [5, 5.41) is 8.30. The van der Waals surface area contributed by atoms with E-state index >= 15 is 0 Å². The van der Waals surface area contributed by atoms with E-state index in [0.717, 1.165) is 21.7 Å². The highest BCUT2D eigenvalue weighted by atomic mass is 35.5. The van der Waals surface area contributed by atoms with Gasteiger partial charge >= 0.3 is 0 Å². The van der Waals surface area contributed by atoms with E-state index in [4.69, 9.17) is 11.6 Å². The van der Waals surface area contributed by atoms with Crippen LogP contribution in [0.25, 0.3) is 6.08 Å². The molecule has 9 heteroatoms. The molecule has 3 amide bonds. The predicted octanol–water partition coefficient (Wildman–Crippen LogP) is 7.24. The molecule has 0 unspecified atom stereocenters. The minimum Gasteiger partial charge on any atom is -0.325 e. The van der Waals surface area contributed by atoms with Crippen molar-refractivity contribution in [2.75, 3.05) is 16.4 Å². The van der Waals surface area contributed by atoms with Gasteiger partial charge in [-0.25, -0.2) is 4.39 Å². The van der Waals surface area contributed by atoms with Gasteiger partial charge in [-0.15, -0.1) is 11.8 Å². The molecule has 0 saturated carbocycles. The molecule has 4 aromatic rings. The summed E-state index contributed by atoms with van der Waals surface area (Å²) in [6.45, 7) is 3.95. The van der Waals surface area contributed by atoms with E-state index in [1.54, 1.807) is 54.6 Å². The first-order valence-electron chi connectivity index (χ1n) is 12.6. The molecule has 4 rings (SSSR count). The minimum atomic E-state index is -0.665. The van der Waals surface area contributed by atoms with Crippen LogP contribution in [0.2, 0.25) is 5.02 Å². The summed E-state index contributed by atoms with van der Waals surface area (Å²) in [6, 6.07) is 25.1. The second kappa shape index (κ2) is 13.8. The average Bonchev–Trinajstić information content (AvgIpc) is 2.97. The van der Waals surface area contributed by atoms with Gasteiger partial charge in [0.05, 0.1) is 10.8 Å². The van der Waals surface area contributed by atoms with Gasteiger partial charge in [0.2, 0.25) is 5.91 Å². The summed E-state index contributed by atoms with van der Waals surface area (Å²) < 4.78 is 14.5. The lowest BCUT2D eigenvalue weighted by Crippen LogP contribution is -2.30. The molecule has 41 heavy (non-hydrogen) atoms. The van der Waals surface area contributed by atoms with Crippen LogP contribution < -0.4 is 16.0 Å². The molecule has 0 fully saturated rings. The van der Waals surface area contributed by atoms with Crippen molar-refractivity contribution in [3.8, 4) is 0 Å². The summed E-state index contributed by atoms with van der Waals surface area (Å²) in [6.07, 6.45) is 1.20. The lowest BCUT2D eigenvalue weighted by Gasteiger charge is -2.13. The van der Waals surface area contributed by atoms with Gasteiger partial charge in [0.1, 0.15) is 11.5 Å². The monoisotopic (exact) mass is 587 g/mol. The third-order valence-electron chi connectivity index (χ3n) is 6.18. The maximum Gasteiger partial charge on any atom is 0.272 e. The quantitative estimate of drug-likeness (QED) is 0.142. The standard InChI is InChI=1S/C32H27ClFN3O3S/c1-20-8-6-13-28(21(20)2)36-30(38)19-41-24-16-14-23(15-17-24)35-32(40)29(18-25-26(33)11-7-12-27(25)34)37-31(39)22-9-4-3-5-10-22/h3-18H,19H2,1-2H3,(H,35,40)(H,36,38)(H,37,39)/b29-18-. The number of nitrogens with one attached hydrogen (secondary N) is 3. The molecule has 0 aliphatic rings. The minimum absolute atomic E-state index is 0.0291. The first-order valence-corrected chi connectivity index (χ1v) is 14.0. The van der Waals surface area contributed by atoms with Crippen molar-refractivity contribution in [1.29, 1.82) is 0 Å². The second-order valence-corrected chi connectivity index (χ2v) is 10.5. The summed E-state index contributed by atoms with van der Waals surface area (Å²) in [5.74, 6) is -1.76. The van der Waals surface area contributed by atoms with Crippen LogP contribution in [-0.4, -0.2) is 23.5 Å². The Labute approximate surface area is 247 Å². The molecule has 0 bridgehead atoms. The fourth-order valence-corrected chi connectivity index (χ4v) is 4.71. The molecule has 0 aromatic heterocycles. The van der Waals surface area contributed by atoms with Crippen LogP contribution in [0, 0.1) is 19.7 Å². The van der Waals surface area contributed by atoms with Gasteiger partial charge in [0, 0.05) is 27.4 Å². The Kier molecular flexibility index (Phi) is 9.95. The molecule has 0 heterocycles. The van der Waals surface area contributed by atoms with E-state index in [1.807, 2.05) is 32.0 Å². The van der Waals surface area contributed by atoms with Crippen LogP contribution in [-0.2, 0) is 9.59 Å². The highest BCUT2D eigenvalue weighted by Crippen LogP contribution is 2.24. The van der Waals surface area contributed by atoms with Gasteiger partial charge < -0.3 is 16.0 Å². The summed E-state index contributed by atoms with van der Waals surface area (Å²) in [5.41, 5.74) is 3.46. The Morgan fingerprint density at radius 2 is 1.56 bits per heavy atom. The van der Waals surface area contributed by atoms with Crippen LogP contribution >= 0.6 is 23.4 Å². The van der Waals surface area contributed by atoms with Crippen molar-refractivity contribution in [3.05, 3.63) is 130 Å². The number of carbonyl (C=O) groups excluding carboxylic acids is 3. The highest BCUT2D eigenvalue weighted by Gasteiger charge is 2.17. The van der Waals surface area contributed by atoms with Crippen molar-refractivity contribution in [1.82, 2.24) is 5.32 Å². The van der Waals surface area contributed by atoms with Crippen molar-refractivity contribution >= 4 is 58.5 Å².